The summed E-state index contributed by atoms with van der Waals surface area (Å²) in [5.41, 5.74) is 0. The predicted octanol–water partition coefficient (Wildman–Crippen LogP) is 0.318. The molecule has 0 spiro atoms. The van der Waals surface area contributed by atoms with Gasteiger partial charge in [-0.15, -0.1) is 0 Å². The Morgan fingerprint density at radius 2 is 1.19 bits per heavy atom. The van der Waals surface area contributed by atoms with E-state index >= 15 is 0 Å². The average molecular weight is 725 g/mol. The molecule has 0 N–H and O–H groups in total. The number of rotatable bonds is 6. The minimum absolute atomic E-state index is 0. The third kappa shape index (κ3) is 12.2. The summed E-state index contributed by atoms with van der Waals surface area (Å²) < 4.78 is 10.0. The zero-order chi connectivity index (χ0) is 29.1. The zero-order valence-corrected chi connectivity index (χ0v) is 27.8. The number of likely N-dealkylation sites (tertiary alicyclic amines) is 2. The number of halogens is 2. The van der Waals surface area contributed by atoms with Crippen LogP contribution in [0.1, 0.15) is 76.7 Å². The molecule has 2 aliphatic rings. The molecule has 2 aromatic rings. The average Bonchev–Trinajstić information content (AvgIpc) is 3.65. The van der Waals surface area contributed by atoms with Gasteiger partial charge in [0.25, 0.3) is 0 Å². The maximum atomic E-state index is 10.5. The van der Waals surface area contributed by atoms with Crippen molar-refractivity contribution < 1.29 is 60.6 Å². The molecule has 2 fully saturated rings. The minimum atomic E-state index is -0.576. The van der Waals surface area contributed by atoms with Crippen LogP contribution in [0.25, 0.3) is 0 Å². The molecule has 0 saturated carbocycles. The molecule has 2 aliphatic heterocycles. The van der Waals surface area contributed by atoms with E-state index in [1.54, 1.807) is 0 Å². The van der Waals surface area contributed by atoms with Gasteiger partial charge in [-0.25, -0.2) is 9.98 Å². The number of furan rings is 2. The van der Waals surface area contributed by atoms with E-state index in [4.69, 9.17) is 33.3 Å². The molecule has 4 heterocycles. The second-order valence-electron chi connectivity index (χ2n) is 9.45. The second kappa shape index (κ2) is 20.5. The normalized spacial score (nSPS) is 18.1. The zero-order valence-electron chi connectivity index (χ0n) is 23.7. The summed E-state index contributed by atoms with van der Waals surface area (Å²) in [4.78, 5) is 32.6. The molecule has 43 heavy (non-hydrogen) atoms. The van der Waals surface area contributed by atoms with Crippen molar-refractivity contribution in [2.45, 2.75) is 77.3 Å². The van der Waals surface area contributed by atoms with E-state index in [1.165, 1.54) is 49.5 Å². The Labute approximate surface area is 284 Å². The first kappa shape index (κ1) is 40.6. The van der Waals surface area contributed by atoms with Gasteiger partial charge < -0.3 is 43.4 Å². The standard InChI is InChI=1S/2C13H17N3O3S.2ClH.Cu/c2*1-2-10-5-3-4-8-15(10)13(20)14-9-11-6-7-12(19-11)16(17)18;;;/h2*6-7,9-10H,2-5,8H2,1H3;2*1H;/q;;;;+2/p-2/b2*14-9+;;;. The summed E-state index contributed by atoms with van der Waals surface area (Å²) in [6.45, 7) is 6.14. The van der Waals surface area contributed by atoms with Crippen LogP contribution in [0.3, 0.4) is 0 Å². The van der Waals surface area contributed by atoms with Gasteiger partial charge in [0.2, 0.25) is 0 Å². The second-order valence-corrected chi connectivity index (χ2v) is 10.2. The van der Waals surface area contributed by atoms with Gasteiger partial charge >= 0.3 is 28.8 Å². The molecule has 0 aliphatic carbocycles. The number of nitro groups is 2. The number of thiocarbonyl (C=S) groups is 2. The van der Waals surface area contributed by atoms with Crippen molar-refractivity contribution >= 4 is 58.9 Å². The molecule has 0 amide bonds. The number of aliphatic imine (C=N–C) groups is 2. The van der Waals surface area contributed by atoms with Gasteiger partial charge in [-0.05, 0) is 87.9 Å². The first-order valence-corrected chi connectivity index (χ1v) is 14.2. The predicted molar refractivity (Wildman–Crippen MR) is 160 cm³/mol. The third-order valence-corrected chi connectivity index (χ3v) is 7.56. The largest absolute Gasteiger partial charge is 2.00 e. The van der Waals surface area contributed by atoms with Gasteiger partial charge in [-0.2, -0.15) is 0 Å². The van der Waals surface area contributed by atoms with Gasteiger partial charge in [-0.3, -0.25) is 20.2 Å². The van der Waals surface area contributed by atoms with Gasteiger partial charge in [0.05, 0.1) is 24.6 Å². The molecular weight excluding hydrogens is 691 g/mol. The third-order valence-electron chi connectivity index (χ3n) is 6.88. The van der Waals surface area contributed by atoms with Crippen LogP contribution in [0.15, 0.2) is 43.1 Å². The van der Waals surface area contributed by atoms with Crippen molar-refractivity contribution in [1.82, 2.24) is 9.80 Å². The molecule has 1 radical (unpaired) electrons. The summed E-state index contributed by atoms with van der Waals surface area (Å²) in [5.74, 6) is 0.0942. The van der Waals surface area contributed by atoms with E-state index < -0.39 is 9.85 Å². The molecule has 4 rings (SSSR count). The van der Waals surface area contributed by atoms with Crippen LogP contribution >= 0.6 is 24.4 Å². The van der Waals surface area contributed by atoms with Crippen LogP contribution in [0, 0.1) is 20.2 Å². The SMILES string of the molecule is CCC1CCCCN1C(=S)/N=C/c1ccc([N+](=O)[O-])o1.CCC1CCCCN1C(=S)/N=C/c1ccc([N+](=O)[O-])o1.[Cl-].[Cl-].[Cu+2]. The molecule has 12 nitrogen and oxygen atoms in total. The first-order chi connectivity index (χ1) is 19.2. The molecule has 2 atom stereocenters. The van der Waals surface area contributed by atoms with Gasteiger partial charge in [0, 0.05) is 25.2 Å². The first-order valence-electron chi connectivity index (χ1n) is 13.4. The molecule has 2 saturated heterocycles. The smallest absolute Gasteiger partial charge is 1.00 e. The van der Waals surface area contributed by atoms with Gasteiger partial charge in [-0.1, -0.05) is 13.8 Å². The fraction of sp³-hybridized carbons (Fsp3) is 0.538. The van der Waals surface area contributed by atoms with E-state index in [0.29, 0.717) is 33.8 Å². The Kier molecular flexibility index (Phi) is 19.4. The summed E-state index contributed by atoms with van der Waals surface area (Å²) in [6.07, 6.45) is 11.9. The van der Waals surface area contributed by atoms with E-state index in [1.807, 2.05) is 0 Å². The molecule has 241 valence electrons. The summed E-state index contributed by atoms with van der Waals surface area (Å²) >= 11 is 10.7. The maximum Gasteiger partial charge on any atom is 2.00 e. The van der Waals surface area contributed by atoms with E-state index in [-0.39, 0.29) is 53.7 Å². The Morgan fingerprint density at radius 1 is 0.814 bits per heavy atom. The molecule has 0 aromatic carbocycles. The monoisotopic (exact) mass is 723 g/mol. The maximum absolute atomic E-state index is 10.5. The Hall–Kier alpha value is -2.42. The van der Waals surface area contributed by atoms with Crippen LogP contribution in [-0.2, 0) is 17.1 Å². The fourth-order valence-corrected chi connectivity index (χ4v) is 5.35. The molecule has 0 bridgehead atoms. The number of piperidine rings is 2. The van der Waals surface area contributed by atoms with E-state index in [9.17, 15) is 20.2 Å². The minimum Gasteiger partial charge on any atom is -1.00 e. The number of hydrogen-bond donors (Lipinski definition) is 0. The van der Waals surface area contributed by atoms with Crippen molar-refractivity contribution in [3.63, 3.8) is 0 Å². The summed E-state index contributed by atoms with van der Waals surface area (Å²) in [6, 6.07) is 6.52. The molecular formula is C26H34Cl2CuN6O6S2. The Balaban J connectivity index is 0.000000767. The van der Waals surface area contributed by atoms with Gasteiger partial charge in [0.15, 0.2) is 21.7 Å². The van der Waals surface area contributed by atoms with Crippen molar-refractivity contribution in [2.75, 3.05) is 13.1 Å². The molecule has 2 unspecified atom stereocenters. The Morgan fingerprint density at radius 3 is 1.49 bits per heavy atom. The van der Waals surface area contributed by atoms with Crippen LogP contribution in [0.5, 0.6) is 0 Å². The van der Waals surface area contributed by atoms with Crippen LogP contribution < -0.4 is 24.8 Å². The van der Waals surface area contributed by atoms with Crippen molar-refractivity contribution in [2.24, 2.45) is 9.98 Å². The van der Waals surface area contributed by atoms with Crippen LogP contribution in [0.4, 0.5) is 11.8 Å². The van der Waals surface area contributed by atoms with Gasteiger partial charge in [0.1, 0.15) is 9.85 Å². The van der Waals surface area contributed by atoms with E-state index in [2.05, 4.69) is 33.6 Å². The van der Waals surface area contributed by atoms with Crippen molar-refractivity contribution in [1.29, 1.82) is 0 Å². The van der Waals surface area contributed by atoms with Crippen molar-refractivity contribution in [3.05, 3.63) is 56.0 Å². The number of nitrogens with zero attached hydrogens (tertiary/aromatic N) is 6. The summed E-state index contributed by atoms with van der Waals surface area (Å²) in [5, 5.41) is 22.1. The topological polar surface area (TPSA) is 144 Å². The van der Waals surface area contributed by atoms with Crippen molar-refractivity contribution in [3.8, 4) is 0 Å². The molecule has 17 heteroatoms. The quantitative estimate of drug-likeness (QED) is 0.134. The molecule has 2 aromatic heterocycles. The fourth-order valence-electron chi connectivity index (χ4n) is 4.76. The van der Waals surface area contributed by atoms with E-state index in [0.717, 1.165) is 51.6 Å². The Bertz CT molecular complexity index is 1170. The summed E-state index contributed by atoms with van der Waals surface area (Å²) in [7, 11) is 0. The number of hydrogen-bond acceptors (Lipinski definition) is 8. The van der Waals surface area contributed by atoms with Crippen LogP contribution in [-0.4, -0.2) is 67.5 Å². The van der Waals surface area contributed by atoms with Crippen LogP contribution in [0.2, 0.25) is 0 Å².